The maximum atomic E-state index is 12.6. The Bertz CT molecular complexity index is 959. The summed E-state index contributed by atoms with van der Waals surface area (Å²) in [4.78, 5) is 22.4. The van der Waals surface area contributed by atoms with Crippen molar-refractivity contribution < 1.29 is 13.6 Å². The van der Waals surface area contributed by atoms with Crippen molar-refractivity contribution in [1.82, 2.24) is 9.88 Å². The summed E-state index contributed by atoms with van der Waals surface area (Å²) in [6.45, 7) is 4.29. The lowest BCUT2D eigenvalue weighted by Crippen LogP contribution is -2.48. The second-order valence-electron chi connectivity index (χ2n) is 5.95. The first-order chi connectivity index (χ1) is 12.7. The Hall–Kier alpha value is -3.05. The van der Waals surface area contributed by atoms with E-state index in [1.807, 2.05) is 28.9 Å². The summed E-state index contributed by atoms with van der Waals surface area (Å²) in [7, 11) is 0. The fourth-order valence-corrected chi connectivity index (χ4v) is 3.76. The number of furan rings is 1. The molecule has 132 valence electrons. The fraction of sp³-hybridized carbons (Fsp3) is 0.278. The number of nitriles is 1. The third-order valence-corrected chi connectivity index (χ3v) is 5.24. The highest BCUT2D eigenvalue weighted by atomic mass is 32.1. The number of thiophene rings is 1. The average Bonchev–Trinajstić information content (AvgIpc) is 3.41. The van der Waals surface area contributed by atoms with Gasteiger partial charge in [0.15, 0.2) is 5.76 Å². The van der Waals surface area contributed by atoms with E-state index in [1.165, 1.54) is 17.6 Å². The van der Waals surface area contributed by atoms with Crippen LogP contribution in [-0.4, -0.2) is 42.0 Å². The molecular formula is C18H16N4O3S. The van der Waals surface area contributed by atoms with Gasteiger partial charge < -0.3 is 18.6 Å². The molecule has 0 spiro atoms. The molecular weight excluding hydrogens is 352 g/mol. The highest BCUT2D eigenvalue weighted by Crippen LogP contribution is 2.29. The minimum absolute atomic E-state index is 0.0529. The van der Waals surface area contributed by atoms with Gasteiger partial charge in [0, 0.05) is 31.1 Å². The Balaban J connectivity index is 1.48. The SMILES string of the molecule is Cc1ccc(C(=O)N2CCN(c3oc(-c4ccco4)nc3C#N)CC2)s1. The molecule has 1 aliphatic heterocycles. The maximum absolute atomic E-state index is 12.6. The Labute approximate surface area is 154 Å². The maximum Gasteiger partial charge on any atom is 0.266 e. The number of hydrogen-bond acceptors (Lipinski definition) is 7. The van der Waals surface area contributed by atoms with Crippen molar-refractivity contribution in [2.24, 2.45) is 0 Å². The minimum Gasteiger partial charge on any atom is -0.459 e. The summed E-state index contributed by atoms with van der Waals surface area (Å²) in [5.41, 5.74) is 0.227. The first-order valence-corrected chi connectivity index (χ1v) is 9.03. The minimum atomic E-state index is 0.0529. The van der Waals surface area contributed by atoms with Gasteiger partial charge in [-0.05, 0) is 31.2 Å². The number of oxazole rings is 1. The first kappa shape index (κ1) is 16.4. The Morgan fingerprint density at radius 1 is 1.27 bits per heavy atom. The molecule has 0 bridgehead atoms. The summed E-state index contributed by atoms with van der Waals surface area (Å²) < 4.78 is 11.1. The molecule has 3 aromatic rings. The van der Waals surface area contributed by atoms with E-state index in [2.05, 4.69) is 11.1 Å². The van der Waals surface area contributed by atoms with Crippen LogP contribution in [0.3, 0.4) is 0 Å². The largest absolute Gasteiger partial charge is 0.459 e. The van der Waals surface area contributed by atoms with Crippen molar-refractivity contribution in [3.05, 3.63) is 46.0 Å². The van der Waals surface area contributed by atoms with E-state index < -0.39 is 0 Å². The standard InChI is InChI=1S/C18H16N4O3S/c1-12-4-5-15(26-12)17(23)21-6-8-22(9-7-21)18-13(11-19)20-16(25-18)14-3-2-10-24-14/h2-5,10H,6-9H2,1H3. The number of nitrogens with zero attached hydrogens (tertiary/aromatic N) is 4. The molecule has 0 atom stereocenters. The molecule has 0 radical (unpaired) electrons. The highest BCUT2D eigenvalue weighted by Gasteiger charge is 2.27. The van der Waals surface area contributed by atoms with E-state index in [0.29, 0.717) is 37.8 Å². The molecule has 3 aromatic heterocycles. The number of rotatable bonds is 3. The van der Waals surface area contributed by atoms with Gasteiger partial charge >= 0.3 is 0 Å². The molecule has 1 fully saturated rings. The lowest BCUT2D eigenvalue weighted by Gasteiger charge is -2.34. The van der Waals surface area contributed by atoms with Crippen LogP contribution in [0.25, 0.3) is 11.7 Å². The van der Waals surface area contributed by atoms with Crippen molar-refractivity contribution in [2.75, 3.05) is 31.1 Å². The highest BCUT2D eigenvalue weighted by molar-refractivity contribution is 7.13. The molecule has 26 heavy (non-hydrogen) atoms. The lowest BCUT2D eigenvalue weighted by atomic mass is 10.3. The fourth-order valence-electron chi connectivity index (χ4n) is 2.92. The van der Waals surface area contributed by atoms with Crippen LogP contribution in [0.2, 0.25) is 0 Å². The second kappa shape index (κ2) is 6.69. The van der Waals surface area contributed by atoms with Gasteiger partial charge in [-0.15, -0.1) is 11.3 Å². The van der Waals surface area contributed by atoms with Gasteiger partial charge in [0.2, 0.25) is 11.6 Å². The number of hydrogen-bond donors (Lipinski definition) is 0. The third-order valence-electron chi connectivity index (χ3n) is 4.25. The predicted molar refractivity (Wildman–Crippen MR) is 96.1 cm³/mol. The normalized spacial score (nSPS) is 14.5. The van der Waals surface area contributed by atoms with Crippen molar-refractivity contribution in [3.63, 3.8) is 0 Å². The number of aromatic nitrogens is 1. The number of aryl methyl sites for hydroxylation is 1. The molecule has 7 nitrogen and oxygen atoms in total. The topological polar surface area (TPSA) is 86.5 Å². The van der Waals surface area contributed by atoms with E-state index in [1.54, 1.807) is 12.1 Å². The van der Waals surface area contributed by atoms with Gasteiger partial charge in [0.05, 0.1) is 11.1 Å². The van der Waals surface area contributed by atoms with Crippen molar-refractivity contribution >= 4 is 23.1 Å². The van der Waals surface area contributed by atoms with Crippen LogP contribution in [0.15, 0.2) is 39.4 Å². The predicted octanol–water partition coefficient (Wildman–Crippen LogP) is 3.14. The first-order valence-electron chi connectivity index (χ1n) is 8.21. The molecule has 1 saturated heterocycles. The molecule has 8 heteroatoms. The van der Waals surface area contributed by atoms with Gasteiger partial charge in [-0.25, -0.2) is 0 Å². The summed E-state index contributed by atoms with van der Waals surface area (Å²) >= 11 is 1.51. The zero-order valence-electron chi connectivity index (χ0n) is 14.1. The summed E-state index contributed by atoms with van der Waals surface area (Å²) in [5, 5.41) is 9.36. The van der Waals surface area contributed by atoms with E-state index in [4.69, 9.17) is 8.83 Å². The van der Waals surface area contributed by atoms with Gasteiger partial charge in [-0.2, -0.15) is 10.2 Å². The zero-order chi connectivity index (χ0) is 18.1. The summed E-state index contributed by atoms with van der Waals surface area (Å²) in [6, 6.07) is 9.37. The van der Waals surface area contributed by atoms with Crippen LogP contribution in [0.4, 0.5) is 5.88 Å². The molecule has 1 aliphatic rings. The number of carbonyl (C=O) groups excluding carboxylic acids is 1. The molecule has 0 saturated carbocycles. The third kappa shape index (κ3) is 2.97. The van der Waals surface area contributed by atoms with Crippen LogP contribution in [0.5, 0.6) is 0 Å². The smallest absolute Gasteiger partial charge is 0.266 e. The van der Waals surface area contributed by atoms with Crippen molar-refractivity contribution in [2.45, 2.75) is 6.92 Å². The van der Waals surface area contributed by atoms with Crippen LogP contribution in [-0.2, 0) is 0 Å². The van der Waals surface area contributed by atoms with Crippen molar-refractivity contribution in [3.8, 4) is 17.7 Å². The Morgan fingerprint density at radius 3 is 2.69 bits per heavy atom. The zero-order valence-corrected chi connectivity index (χ0v) is 15.0. The monoisotopic (exact) mass is 368 g/mol. The Morgan fingerprint density at radius 2 is 2.08 bits per heavy atom. The van der Waals surface area contributed by atoms with E-state index in [0.717, 1.165) is 9.75 Å². The van der Waals surface area contributed by atoms with Crippen LogP contribution >= 0.6 is 11.3 Å². The lowest BCUT2D eigenvalue weighted by molar-refractivity contribution is 0.0750. The molecule has 0 aliphatic carbocycles. The van der Waals surface area contributed by atoms with Crippen LogP contribution in [0, 0.1) is 18.3 Å². The number of piperazine rings is 1. The molecule has 1 amide bonds. The van der Waals surface area contributed by atoms with Gasteiger partial charge in [0.25, 0.3) is 11.8 Å². The molecule has 0 N–H and O–H groups in total. The second-order valence-corrected chi connectivity index (χ2v) is 7.24. The quantitative estimate of drug-likeness (QED) is 0.706. The van der Waals surface area contributed by atoms with Gasteiger partial charge in [0.1, 0.15) is 6.07 Å². The van der Waals surface area contributed by atoms with E-state index in [-0.39, 0.29) is 17.5 Å². The van der Waals surface area contributed by atoms with E-state index in [9.17, 15) is 10.1 Å². The van der Waals surface area contributed by atoms with Crippen LogP contribution in [0.1, 0.15) is 20.2 Å². The molecule has 0 aromatic carbocycles. The van der Waals surface area contributed by atoms with Crippen LogP contribution < -0.4 is 4.90 Å². The number of carbonyl (C=O) groups is 1. The molecule has 4 rings (SSSR count). The van der Waals surface area contributed by atoms with Crippen molar-refractivity contribution in [1.29, 1.82) is 5.26 Å². The van der Waals surface area contributed by atoms with Gasteiger partial charge in [-0.3, -0.25) is 4.79 Å². The van der Waals surface area contributed by atoms with E-state index >= 15 is 0 Å². The summed E-state index contributed by atoms with van der Waals surface area (Å²) in [6.07, 6.45) is 1.53. The Kier molecular flexibility index (Phi) is 4.22. The average molecular weight is 368 g/mol. The molecule has 4 heterocycles. The number of anilines is 1. The van der Waals surface area contributed by atoms with Gasteiger partial charge in [-0.1, -0.05) is 0 Å². The number of amides is 1. The molecule has 0 unspecified atom stereocenters. The summed E-state index contributed by atoms with van der Waals surface area (Å²) in [5.74, 6) is 1.25.